The van der Waals surface area contributed by atoms with Crippen LogP contribution in [0.5, 0.6) is 5.75 Å². The molecule has 1 fully saturated rings. The fraction of sp³-hybridized carbons (Fsp3) is 0.500. The molecule has 0 spiro atoms. The van der Waals surface area contributed by atoms with Crippen LogP contribution in [-0.4, -0.2) is 24.8 Å². The summed E-state index contributed by atoms with van der Waals surface area (Å²) < 4.78 is 18.6. The molecule has 0 aliphatic carbocycles. The lowest BCUT2D eigenvalue weighted by Gasteiger charge is -2.19. The van der Waals surface area contributed by atoms with Crippen LogP contribution in [0.25, 0.3) is 0 Å². The number of methoxy groups -OCH3 is 1. The predicted octanol–water partition coefficient (Wildman–Crippen LogP) is 1.62. The number of rotatable bonds is 3. The van der Waals surface area contributed by atoms with E-state index in [0.29, 0.717) is 11.3 Å². The van der Waals surface area contributed by atoms with Gasteiger partial charge in [-0.05, 0) is 31.5 Å². The molecule has 0 bridgehead atoms. The van der Waals surface area contributed by atoms with Crippen LogP contribution in [0.2, 0.25) is 0 Å². The highest BCUT2D eigenvalue weighted by atomic mass is 19.1. The number of hydrogen-bond acceptors (Lipinski definition) is 3. The van der Waals surface area contributed by atoms with E-state index in [1.807, 2.05) is 0 Å². The normalized spacial score (nSPS) is 22.1. The zero-order valence-corrected chi connectivity index (χ0v) is 9.24. The molecule has 2 N–H and O–H groups in total. The van der Waals surface area contributed by atoms with E-state index in [1.54, 1.807) is 12.1 Å². The summed E-state index contributed by atoms with van der Waals surface area (Å²) in [6.07, 6.45) is 1.12. The van der Waals surface area contributed by atoms with Gasteiger partial charge in [0, 0.05) is 17.7 Å². The molecule has 1 aromatic carbocycles. The summed E-state index contributed by atoms with van der Waals surface area (Å²) in [6.45, 7) is 0.888. The van der Waals surface area contributed by atoms with E-state index < -0.39 is 11.9 Å². The maximum absolute atomic E-state index is 13.7. The van der Waals surface area contributed by atoms with Gasteiger partial charge in [0.1, 0.15) is 11.6 Å². The molecule has 1 aliphatic rings. The summed E-state index contributed by atoms with van der Waals surface area (Å²) >= 11 is 0. The Kier molecular flexibility index (Phi) is 3.41. The first-order valence-electron chi connectivity index (χ1n) is 5.47. The molecule has 1 aliphatic heterocycles. The first kappa shape index (κ1) is 11.4. The third-order valence-corrected chi connectivity index (χ3v) is 3.01. The second kappa shape index (κ2) is 4.80. The molecule has 0 amide bonds. The van der Waals surface area contributed by atoms with Crippen molar-refractivity contribution in [2.75, 3.05) is 13.7 Å². The van der Waals surface area contributed by atoms with Gasteiger partial charge in [0.05, 0.1) is 13.2 Å². The summed E-state index contributed by atoms with van der Waals surface area (Å²) in [7, 11) is 1.49. The van der Waals surface area contributed by atoms with Gasteiger partial charge in [0.25, 0.3) is 0 Å². The molecule has 2 atom stereocenters. The highest BCUT2D eigenvalue weighted by Crippen LogP contribution is 2.27. The van der Waals surface area contributed by atoms with Gasteiger partial charge in [-0.1, -0.05) is 0 Å². The van der Waals surface area contributed by atoms with Crippen molar-refractivity contribution >= 4 is 0 Å². The van der Waals surface area contributed by atoms with Gasteiger partial charge < -0.3 is 15.2 Å². The molecule has 0 aromatic heterocycles. The smallest absolute Gasteiger partial charge is 0.132 e. The van der Waals surface area contributed by atoms with Crippen molar-refractivity contribution in [3.8, 4) is 5.75 Å². The molecule has 1 saturated heterocycles. The number of nitrogens with one attached hydrogen (secondary N) is 1. The number of aliphatic hydroxyl groups excluding tert-OH is 1. The van der Waals surface area contributed by atoms with Crippen molar-refractivity contribution < 1.29 is 14.2 Å². The lowest BCUT2D eigenvalue weighted by atomic mass is 10.0. The fourth-order valence-corrected chi connectivity index (χ4v) is 2.07. The van der Waals surface area contributed by atoms with Crippen LogP contribution in [0, 0.1) is 5.82 Å². The summed E-state index contributed by atoms with van der Waals surface area (Å²) in [6, 6.07) is 4.51. The zero-order chi connectivity index (χ0) is 11.5. The number of halogens is 1. The molecule has 2 unspecified atom stereocenters. The monoisotopic (exact) mass is 225 g/mol. The van der Waals surface area contributed by atoms with Crippen LogP contribution in [-0.2, 0) is 0 Å². The van der Waals surface area contributed by atoms with E-state index in [-0.39, 0.29) is 6.04 Å². The molecular formula is C12H16FNO2. The minimum Gasteiger partial charge on any atom is -0.497 e. The molecule has 1 aromatic rings. The minimum atomic E-state index is -0.784. The van der Waals surface area contributed by atoms with Gasteiger partial charge in [-0.2, -0.15) is 0 Å². The van der Waals surface area contributed by atoms with Crippen molar-refractivity contribution in [1.82, 2.24) is 5.32 Å². The SMILES string of the molecule is COc1ccc(C(O)C2CCCN2)c(F)c1. The van der Waals surface area contributed by atoms with Gasteiger partial charge in [0.2, 0.25) is 0 Å². The Labute approximate surface area is 94.2 Å². The van der Waals surface area contributed by atoms with Gasteiger partial charge in [-0.3, -0.25) is 0 Å². The third-order valence-electron chi connectivity index (χ3n) is 3.01. The maximum Gasteiger partial charge on any atom is 0.132 e. The van der Waals surface area contributed by atoms with Crippen molar-refractivity contribution in [3.05, 3.63) is 29.6 Å². The first-order valence-corrected chi connectivity index (χ1v) is 5.47. The van der Waals surface area contributed by atoms with Crippen molar-refractivity contribution in [1.29, 1.82) is 0 Å². The average molecular weight is 225 g/mol. The minimum absolute atomic E-state index is 0.0390. The summed E-state index contributed by atoms with van der Waals surface area (Å²) in [4.78, 5) is 0. The number of benzene rings is 1. The van der Waals surface area contributed by atoms with Gasteiger partial charge in [0.15, 0.2) is 0 Å². The van der Waals surface area contributed by atoms with Crippen LogP contribution in [0.1, 0.15) is 24.5 Å². The Balaban J connectivity index is 2.19. The first-order chi connectivity index (χ1) is 7.72. The maximum atomic E-state index is 13.7. The fourth-order valence-electron chi connectivity index (χ4n) is 2.07. The highest BCUT2D eigenvalue weighted by molar-refractivity contribution is 5.30. The third kappa shape index (κ3) is 2.18. The van der Waals surface area contributed by atoms with Crippen LogP contribution < -0.4 is 10.1 Å². The van der Waals surface area contributed by atoms with Crippen molar-refractivity contribution in [3.63, 3.8) is 0 Å². The second-order valence-electron chi connectivity index (χ2n) is 4.04. The van der Waals surface area contributed by atoms with Gasteiger partial charge in [-0.15, -0.1) is 0 Å². The predicted molar refractivity (Wildman–Crippen MR) is 58.9 cm³/mol. The Morgan fingerprint density at radius 3 is 2.94 bits per heavy atom. The number of aliphatic hydroxyl groups is 1. The molecule has 3 nitrogen and oxygen atoms in total. The standard InChI is InChI=1S/C12H16FNO2/c1-16-8-4-5-9(10(13)7-8)12(15)11-3-2-6-14-11/h4-5,7,11-12,14-15H,2-3,6H2,1H3. The Morgan fingerprint density at radius 1 is 1.56 bits per heavy atom. The molecule has 0 radical (unpaired) electrons. The topological polar surface area (TPSA) is 41.5 Å². The molecule has 1 heterocycles. The molecule has 4 heteroatoms. The van der Waals surface area contributed by atoms with E-state index in [9.17, 15) is 9.50 Å². The average Bonchev–Trinajstić information content (AvgIpc) is 2.81. The van der Waals surface area contributed by atoms with Crippen LogP contribution >= 0.6 is 0 Å². The van der Waals surface area contributed by atoms with E-state index >= 15 is 0 Å². The number of hydrogen-bond donors (Lipinski definition) is 2. The van der Waals surface area contributed by atoms with Gasteiger partial charge in [-0.25, -0.2) is 4.39 Å². The van der Waals surface area contributed by atoms with E-state index in [0.717, 1.165) is 19.4 Å². The highest BCUT2D eigenvalue weighted by Gasteiger charge is 2.26. The summed E-state index contributed by atoms with van der Waals surface area (Å²) in [5.74, 6) is 0.0494. The summed E-state index contributed by atoms with van der Waals surface area (Å²) in [5.41, 5.74) is 0.334. The second-order valence-corrected chi connectivity index (χ2v) is 4.04. The Morgan fingerprint density at radius 2 is 2.38 bits per heavy atom. The van der Waals surface area contributed by atoms with Crippen LogP contribution in [0.15, 0.2) is 18.2 Å². The zero-order valence-electron chi connectivity index (χ0n) is 9.24. The lowest BCUT2D eigenvalue weighted by molar-refractivity contribution is 0.133. The van der Waals surface area contributed by atoms with Crippen LogP contribution in [0.4, 0.5) is 4.39 Å². The molecule has 0 saturated carbocycles. The van der Waals surface area contributed by atoms with Crippen molar-refractivity contribution in [2.45, 2.75) is 25.0 Å². The van der Waals surface area contributed by atoms with Crippen LogP contribution in [0.3, 0.4) is 0 Å². The van der Waals surface area contributed by atoms with E-state index in [4.69, 9.17) is 4.74 Å². The van der Waals surface area contributed by atoms with Gasteiger partial charge >= 0.3 is 0 Å². The number of ether oxygens (including phenoxy) is 1. The van der Waals surface area contributed by atoms with Crippen molar-refractivity contribution in [2.24, 2.45) is 0 Å². The van der Waals surface area contributed by atoms with E-state index in [2.05, 4.69) is 5.32 Å². The Bertz CT molecular complexity index is 364. The molecule has 88 valence electrons. The molecule has 2 rings (SSSR count). The summed E-state index contributed by atoms with van der Waals surface area (Å²) in [5, 5.41) is 13.2. The largest absolute Gasteiger partial charge is 0.497 e. The molecular weight excluding hydrogens is 209 g/mol. The Hall–Kier alpha value is -1.13. The lowest BCUT2D eigenvalue weighted by Crippen LogP contribution is -2.29. The quantitative estimate of drug-likeness (QED) is 0.821. The molecule has 16 heavy (non-hydrogen) atoms. The van der Waals surface area contributed by atoms with E-state index in [1.165, 1.54) is 13.2 Å².